The van der Waals surface area contributed by atoms with Crippen LogP contribution in [0.1, 0.15) is 62.1 Å². The van der Waals surface area contributed by atoms with E-state index in [1.807, 2.05) is 18.7 Å². The van der Waals surface area contributed by atoms with Gasteiger partial charge >= 0.3 is 0 Å². The van der Waals surface area contributed by atoms with Crippen molar-refractivity contribution in [3.63, 3.8) is 0 Å². The lowest BCUT2D eigenvalue weighted by Crippen LogP contribution is -2.49. The summed E-state index contributed by atoms with van der Waals surface area (Å²) in [5, 5.41) is 3.07. The molecular formula is C21H30N2O2. The Kier molecular flexibility index (Phi) is 4.90. The summed E-state index contributed by atoms with van der Waals surface area (Å²) in [5.41, 5.74) is 3.33. The Hall–Kier alpha value is -1.84. The van der Waals surface area contributed by atoms with Gasteiger partial charge in [0.05, 0.1) is 0 Å². The molecule has 0 aromatic heterocycles. The molecule has 1 heterocycles. The number of anilines is 1. The summed E-state index contributed by atoms with van der Waals surface area (Å²) in [7, 11) is 0. The zero-order chi connectivity index (χ0) is 18.2. The monoisotopic (exact) mass is 342 g/mol. The van der Waals surface area contributed by atoms with Crippen LogP contribution in [0.25, 0.3) is 0 Å². The zero-order valence-corrected chi connectivity index (χ0v) is 15.9. The quantitative estimate of drug-likeness (QED) is 0.837. The van der Waals surface area contributed by atoms with Gasteiger partial charge in [-0.3, -0.25) is 9.59 Å². The Labute approximate surface area is 151 Å². The van der Waals surface area contributed by atoms with Crippen molar-refractivity contribution in [2.45, 2.75) is 72.3 Å². The lowest BCUT2D eigenvalue weighted by Gasteiger charge is -2.37. The minimum Gasteiger partial charge on any atom is -0.339 e. The molecule has 1 aromatic rings. The predicted molar refractivity (Wildman–Crippen MR) is 101 cm³/mol. The number of amides is 2. The molecule has 25 heavy (non-hydrogen) atoms. The van der Waals surface area contributed by atoms with Crippen LogP contribution >= 0.6 is 0 Å². The normalized spacial score (nSPS) is 21.8. The molecule has 1 atom stereocenters. The van der Waals surface area contributed by atoms with E-state index in [-0.39, 0.29) is 11.8 Å². The highest BCUT2D eigenvalue weighted by Crippen LogP contribution is 2.49. The van der Waals surface area contributed by atoms with Gasteiger partial charge in [-0.05, 0) is 70.4 Å². The standard InChI is InChI=1S/C21H30N2O2/c1-5-17-8-6-7-11-23(17)20(25)21(9-10-21)19(24)22-18-15(3)12-14(2)13-16(18)4/h12-13,17H,5-11H2,1-4H3,(H,22,24). The number of piperidine rings is 1. The zero-order valence-electron chi connectivity index (χ0n) is 15.9. The molecule has 1 saturated carbocycles. The highest BCUT2D eigenvalue weighted by Gasteiger charge is 2.58. The molecule has 2 aliphatic rings. The number of carbonyl (C=O) groups excluding carboxylic acids is 2. The second-order valence-corrected chi connectivity index (χ2v) is 7.87. The van der Waals surface area contributed by atoms with E-state index in [1.54, 1.807) is 0 Å². The molecule has 136 valence electrons. The van der Waals surface area contributed by atoms with Gasteiger partial charge in [0.1, 0.15) is 5.41 Å². The highest BCUT2D eigenvalue weighted by molar-refractivity contribution is 6.13. The van der Waals surface area contributed by atoms with Crippen LogP contribution in [-0.4, -0.2) is 29.3 Å². The summed E-state index contributed by atoms with van der Waals surface area (Å²) in [6.07, 6.45) is 5.62. The Morgan fingerprint density at radius 3 is 2.36 bits per heavy atom. The fourth-order valence-electron chi connectivity index (χ4n) is 4.24. The maximum absolute atomic E-state index is 13.2. The molecule has 4 nitrogen and oxygen atoms in total. The van der Waals surface area contributed by atoms with E-state index in [0.29, 0.717) is 18.9 Å². The fourth-order valence-corrected chi connectivity index (χ4v) is 4.24. The smallest absolute Gasteiger partial charge is 0.240 e. The summed E-state index contributed by atoms with van der Waals surface area (Å²) >= 11 is 0. The van der Waals surface area contributed by atoms with Crippen LogP contribution in [0.2, 0.25) is 0 Å². The van der Waals surface area contributed by atoms with E-state index in [2.05, 4.69) is 31.3 Å². The van der Waals surface area contributed by atoms with Gasteiger partial charge in [0.2, 0.25) is 11.8 Å². The van der Waals surface area contributed by atoms with Crippen molar-refractivity contribution in [3.8, 4) is 0 Å². The van der Waals surface area contributed by atoms with Crippen molar-refractivity contribution in [1.82, 2.24) is 4.90 Å². The molecule has 2 fully saturated rings. The van der Waals surface area contributed by atoms with Crippen LogP contribution in [0.4, 0.5) is 5.69 Å². The lowest BCUT2D eigenvalue weighted by atomic mass is 9.95. The number of nitrogens with zero attached hydrogens (tertiary/aromatic N) is 1. The molecule has 4 heteroatoms. The van der Waals surface area contributed by atoms with E-state index in [9.17, 15) is 9.59 Å². The average Bonchev–Trinajstić information content (AvgIpc) is 3.39. The van der Waals surface area contributed by atoms with Gasteiger partial charge in [-0.25, -0.2) is 0 Å². The lowest BCUT2D eigenvalue weighted by molar-refractivity contribution is -0.145. The molecule has 0 spiro atoms. The van der Waals surface area contributed by atoms with Crippen molar-refractivity contribution < 1.29 is 9.59 Å². The average molecular weight is 342 g/mol. The van der Waals surface area contributed by atoms with Crippen LogP contribution in [0.5, 0.6) is 0 Å². The molecular weight excluding hydrogens is 312 g/mol. The van der Waals surface area contributed by atoms with Crippen molar-refractivity contribution >= 4 is 17.5 Å². The Morgan fingerprint density at radius 2 is 1.80 bits per heavy atom. The minimum atomic E-state index is -0.825. The number of carbonyl (C=O) groups is 2. The number of rotatable bonds is 4. The SMILES string of the molecule is CCC1CCCCN1C(=O)C1(C(=O)Nc2c(C)cc(C)cc2C)CC1. The number of hydrogen-bond donors (Lipinski definition) is 1. The fraction of sp³-hybridized carbons (Fsp3) is 0.619. The topological polar surface area (TPSA) is 49.4 Å². The first kappa shape index (κ1) is 18.0. The summed E-state index contributed by atoms with van der Waals surface area (Å²) in [4.78, 5) is 28.2. The molecule has 0 bridgehead atoms. The third kappa shape index (κ3) is 3.31. The molecule has 1 N–H and O–H groups in total. The number of benzene rings is 1. The van der Waals surface area contributed by atoms with Crippen molar-refractivity contribution in [2.75, 3.05) is 11.9 Å². The third-order valence-corrected chi connectivity index (χ3v) is 5.87. The molecule has 1 aliphatic carbocycles. The van der Waals surface area contributed by atoms with Crippen molar-refractivity contribution in [3.05, 3.63) is 28.8 Å². The van der Waals surface area contributed by atoms with E-state index in [4.69, 9.17) is 0 Å². The van der Waals surface area contributed by atoms with Crippen LogP contribution < -0.4 is 5.32 Å². The van der Waals surface area contributed by atoms with Crippen LogP contribution in [-0.2, 0) is 9.59 Å². The first-order valence-corrected chi connectivity index (χ1v) is 9.59. The molecule has 1 saturated heterocycles. The Balaban J connectivity index is 1.79. The number of aryl methyl sites for hydroxylation is 3. The second-order valence-electron chi connectivity index (χ2n) is 7.87. The van der Waals surface area contributed by atoms with Crippen molar-refractivity contribution in [2.24, 2.45) is 5.41 Å². The summed E-state index contributed by atoms with van der Waals surface area (Å²) < 4.78 is 0. The van der Waals surface area contributed by atoms with E-state index >= 15 is 0 Å². The maximum atomic E-state index is 13.2. The first-order valence-electron chi connectivity index (χ1n) is 9.59. The van der Waals surface area contributed by atoms with Gasteiger partial charge in [0.15, 0.2) is 0 Å². The molecule has 1 aliphatic heterocycles. The van der Waals surface area contributed by atoms with Gasteiger partial charge < -0.3 is 10.2 Å². The molecule has 1 aromatic carbocycles. The Morgan fingerprint density at radius 1 is 1.16 bits per heavy atom. The van der Waals surface area contributed by atoms with E-state index in [0.717, 1.165) is 42.6 Å². The molecule has 0 radical (unpaired) electrons. The summed E-state index contributed by atoms with van der Waals surface area (Å²) in [5.74, 6) is -0.0630. The molecule has 3 rings (SSSR count). The number of hydrogen-bond acceptors (Lipinski definition) is 2. The largest absolute Gasteiger partial charge is 0.339 e. The number of likely N-dealkylation sites (tertiary alicyclic amines) is 1. The van der Waals surface area contributed by atoms with Gasteiger partial charge in [-0.1, -0.05) is 24.6 Å². The van der Waals surface area contributed by atoms with Gasteiger partial charge in [0.25, 0.3) is 0 Å². The second kappa shape index (κ2) is 6.81. The van der Waals surface area contributed by atoms with E-state index in [1.165, 1.54) is 12.0 Å². The summed E-state index contributed by atoms with van der Waals surface area (Å²) in [6.45, 7) is 9.01. The summed E-state index contributed by atoms with van der Waals surface area (Å²) in [6, 6.07) is 4.44. The molecule has 1 unspecified atom stereocenters. The van der Waals surface area contributed by atoms with Crippen LogP contribution in [0, 0.1) is 26.2 Å². The number of nitrogens with one attached hydrogen (secondary N) is 1. The van der Waals surface area contributed by atoms with Crippen molar-refractivity contribution in [1.29, 1.82) is 0 Å². The molecule has 2 amide bonds. The van der Waals surface area contributed by atoms with Gasteiger partial charge in [-0.15, -0.1) is 0 Å². The maximum Gasteiger partial charge on any atom is 0.240 e. The predicted octanol–water partition coefficient (Wildman–Crippen LogP) is 4.12. The Bertz CT molecular complexity index is 668. The van der Waals surface area contributed by atoms with Gasteiger partial charge in [0, 0.05) is 18.3 Å². The van der Waals surface area contributed by atoms with Gasteiger partial charge in [-0.2, -0.15) is 0 Å². The van der Waals surface area contributed by atoms with Crippen LogP contribution in [0.3, 0.4) is 0 Å². The van der Waals surface area contributed by atoms with Crippen LogP contribution in [0.15, 0.2) is 12.1 Å². The first-order chi connectivity index (χ1) is 11.9. The third-order valence-electron chi connectivity index (χ3n) is 5.87. The van der Waals surface area contributed by atoms with E-state index < -0.39 is 5.41 Å². The highest BCUT2D eigenvalue weighted by atomic mass is 16.2. The minimum absolute atomic E-state index is 0.0546.